The van der Waals surface area contributed by atoms with Crippen LogP contribution in [0, 0.1) is 0 Å². The molecule has 2 aromatic heterocycles. The summed E-state index contributed by atoms with van der Waals surface area (Å²) in [5.41, 5.74) is 8.84. The molecule has 0 spiro atoms. The summed E-state index contributed by atoms with van der Waals surface area (Å²) in [5.74, 6) is 0.959. The molecule has 1 unspecified atom stereocenters. The van der Waals surface area contributed by atoms with Crippen molar-refractivity contribution in [1.29, 1.82) is 0 Å². The van der Waals surface area contributed by atoms with Crippen LogP contribution in [0.3, 0.4) is 0 Å². The lowest BCUT2D eigenvalue weighted by atomic mass is 9.82. The van der Waals surface area contributed by atoms with Gasteiger partial charge in [-0.25, -0.2) is 9.97 Å². The second-order valence-electron chi connectivity index (χ2n) is 6.78. The second kappa shape index (κ2) is 5.62. The van der Waals surface area contributed by atoms with Crippen LogP contribution in [0.5, 0.6) is 5.75 Å². The molecule has 6 rings (SSSR count). The van der Waals surface area contributed by atoms with E-state index in [0.717, 1.165) is 34.3 Å². The Hall–Kier alpha value is -2.76. The first kappa shape index (κ1) is 15.3. The van der Waals surface area contributed by atoms with Crippen molar-refractivity contribution in [2.75, 3.05) is 0 Å². The van der Waals surface area contributed by atoms with Gasteiger partial charge in [-0.15, -0.1) is 22.7 Å². The van der Waals surface area contributed by atoms with E-state index in [-0.39, 0.29) is 0 Å². The van der Waals surface area contributed by atoms with Gasteiger partial charge in [0.05, 0.1) is 31.5 Å². The molecule has 1 aliphatic heterocycles. The van der Waals surface area contributed by atoms with Gasteiger partial charge in [-0.05, 0) is 35.9 Å². The van der Waals surface area contributed by atoms with E-state index >= 15 is 0 Å². The predicted octanol–water partition coefficient (Wildman–Crippen LogP) is 5.78. The Morgan fingerprint density at radius 3 is 2.48 bits per heavy atom. The maximum atomic E-state index is 6.68. The summed E-state index contributed by atoms with van der Waals surface area (Å²) in [6.07, 6.45) is 0.809. The van der Waals surface area contributed by atoms with Crippen molar-refractivity contribution in [2.45, 2.75) is 12.0 Å². The van der Waals surface area contributed by atoms with Crippen molar-refractivity contribution in [3.05, 3.63) is 88.4 Å². The highest BCUT2D eigenvalue weighted by Crippen LogP contribution is 2.47. The van der Waals surface area contributed by atoms with Gasteiger partial charge in [0.25, 0.3) is 0 Å². The monoisotopic (exact) mass is 386 g/mol. The van der Waals surface area contributed by atoms with Gasteiger partial charge in [0.15, 0.2) is 5.60 Å². The zero-order chi connectivity index (χ0) is 17.8. The van der Waals surface area contributed by atoms with E-state index in [4.69, 9.17) is 4.74 Å². The lowest BCUT2D eigenvalue weighted by molar-refractivity contribution is 0.140. The van der Waals surface area contributed by atoms with Crippen LogP contribution in [0.25, 0.3) is 20.4 Å². The van der Waals surface area contributed by atoms with Gasteiger partial charge in [0, 0.05) is 17.5 Å². The number of thiazole rings is 2. The minimum absolute atomic E-state index is 0.542. The van der Waals surface area contributed by atoms with Crippen LogP contribution in [-0.2, 0) is 12.0 Å². The summed E-state index contributed by atoms with van der Waals surface area (Å²) in [6, 6.07) is 21.3. The van der Waals surface area contributed by atoms with Crippen molar-refractivity contribution in [3.63, 3.8) is 0 Å². The Bertz CT molecular complexity index is 1200. The highest BCUT2D eigenvalue weighted by molar-refractivity contribution is 7.17. The zero-order valence-corrected chi connectivity index (χ0v) is 15.9. The first-order valence-electron chi connectivity index (χ1n) is 8.76. The van der Waals surface area contributed by atoms with Crippen LogP contribution < -0.4 is 4.74 Å². The first-order chi connectivity index (χ1) is 13.3. The highest BCUT2D eigenvalue weighted by atomic mass is 32.1. The third kappa shape index (κ3) is 2.25. The lowest BCUT2D eigenvalue weighted by Gasteiger charge is -2.30. The number of hydrogen-bond donors (Lipinski definition) is 0. The quantitative estimate of drug-likeness (QED) is 0.385. The van der Waals surface area contributed by atoms with Crippen LogP contribution in [-0.4, -0.2) is 9.97 Å². The summed E-state index contributed by atoms with van der Waals surface area (Å²) < 4.78 is 9.06. The van der Waals surface area contributed by atoms with Crippen LogP contribution in [0.15, 0.2) is 71.7 Å². The largest absolute Gasteiger partial charge is 0.477 e. The average molecular weight is 387 g/mol. The molecule has 27 heavy (non-hydrogen) atoms. The zero-order valence-electron chi connectivity index (χ0n) is 14.3. The Labute approximate surface area is 163 Å². The Morgan fingerprint density at radius 2 is 1.56 bits per heavy atom. The molecule has 130 valence electrons. The minimum Gasteiger partial charge on any atom is -0.477 e. The molecule has 0 amide bonds. The fourth-order valence-corrected chi connectivity index (χ4v) is 5.32. The molecule has 3 nitrogen and oxygen atoms in total. The summed E-state index contributed by atoms with van der Waals surface area (Å²) in [7, 11) is 0. The standard InChI is InChI=1S/C22H14N2OS2/c1-2-4-19-14(3-1)11-22(25-19,15-6-8-20-18(9-15)24-13-26-20)16-5-7-17-21(10-16)27-12-23-17/h1-10,12-13H,11H2. The van der Waals surface area contributed by atoms with Crippen molar-refractivity contribution in [2.24, 2.45) is 0 Å². The van der Waals surface area contributed by atoms with Gasteiger partial charge in [-0.3, -0.25) is 0 Å². The second-order valence-corrected chi connectivity index (χ2v) is 8.56. The smallest absolute Gasteiger partial charge is 0.163 e. The van der Waals surface area contributed by atoms with E-state index in [1.54, 1.807) is 22.7 Å². The summed E-state index contributed by atoms with van der Waals surface area (Å²) in [4.78, 5) is 8.95. The molecule has 0 bridgehead atoms. The Balaban J connectivity index is 1.61. The number of benzene rings is 3. The lowest BCUT2D eigenvalue weighted by Crippen LogP contribution is -2.32. The fraction of sp³-hybridized carbons (Fsp3) is 0.0909. The molecule has 0 saturated heterocycles. The molecule has 0 radical (unpaired) electrons. The van der Waals surface area contributed by atoms with Crippen LogP contribution >= 0.6 is 22.7 Å². The summed E-state index contributed by atoms with van der Waals surface area (Å²) >= 11 is 3.33. The Kier molecular flexibility index (Phi) is 3.19. The molecule has 0 aliphatic carbocycles. The molecule has 1 aliphatic rings. The molecular weight excluding hydrogens is 372 g/mol. The number of para-hydroxylation sites is 1. The van der Waals surface area contributed by atoms with Gasteiger partial charge in [-0.2, -0.15) is 0 Å². The highest BCUT2D eigenvalue weighted by Gasteiger charge is 2.43. The van der Waals surface area contributed by atoms with Crippen LogP contribution in [0.1, 0.15) is 16.7 Å². The van der Waals surface area contributed by atoms with E-state index < -0.39 is 5.60 Å². The van der Waals surface area contributed by atoms with Gasteiger partial charge >= 0.3 is 0 Å². The van der Waals surface area contributed by atoms with E-state index in [9.17, 15) is 0 Å². The normalized spacial score (nSPS) is 18.7. The van der Waals surface area contributed by atoms with Gasteiger partial charge in [0.1, 0.15) is 5.75 Å². The summed E-state index contributed by atoms with van der Waals surface area (Å²) in [6.45, 7) is 0. The predicted molar refractivity (Wildman–Crippen MR) is 111 cm³/mol. The van der Waals surface area contributed by atoms with E-state index in [1.807, 2.05) is 17.1 Å². The Morgan fingerprint density at radius 1 is 0.778 bits per heavy atom. The third-order valence-corrected chi connectivity index (χ3v) is 6.89. The number of nitrogens with zero attached hydrogens (tertiary/aromatic N) is 2. The molecular formula is C22H14N2OS2. The van der Waals surface area contributed by atoms with Crippen LogP contribution in [0.2, 0.25) is 0 Å². The maximum absolute atomic E-state index is 6.68. The van der Waals surface area contributed by atoms with Crippen molar-refractivity contribution < 1.29 is 4.74 Å². The minimum atomic E-state index is -0.542. The summed E-state index contributed by atoms with van der Waals surface area (Å²) in [5, 5.41) is 0. The molecule has 3 heterocycles. The molecule has 0 fully saturated rings. The molecule has 0 N–H and O–H groups in total. The molecule has 5 heteroatoms. The topological polar surface area (TPSA) is 35.0 Å². The number of fused-ring (bicyclic) bond motifs is 3. The van der Waals surface area contributed by atoms with Gasteiger partial charge in [-0.1, -0.05) is 30.3 Å². The van der Waals surface area contributed by atoms with Crippen molar-refractivity contribution >= 4 is 43.1 Å². The molecule has 1 atom stereocenters. The van der Waals surface area contributed by atoms with Gasteiger partial charge in [0.2, 0.25) is 0 Å². The SMILES string of the molecule is c1ccc2c(c1)CC(c1ccc3scnc3c1)(c1ccc3ncsc3c1)O2. The van der Waals surface area contributed by atoms with E-state index in [2.05, 4.69) is 64.6 Å². The number of rotatable bonds is 2. The molecule has 0 saturated carbocycles. The third-order valence-electron chi connectivity index (χ3n) is 5.29. The van der Waals surface area contributed by atoms with Gasteiger partial charge < -0.3 is 4.74 Å². The van der Waals surface area contributed by atoms with Crippen molar-refractivity contribution in [1.82, 2.24) is 9.97 Å². The first-order valence-corrected chi connectivity index (χ1v) is 10.5. The molecule has 3 aromatic carbocycles. The van der Waals surface area contributed by atoms with Crippen LogP contribution in [0.4, 0.5) is 0 Å². The molecule has 5 aromatic rings. The number of ether oxygens (including phenoxy) is 1. The number of hydrogen-bond acceptors (Lipinski definition) is 5. The maximum Gasteiger partial charge on any atom is 0.163 e. The van der Waals surface area contributed by atoms with E-state index in [1.165, 1.54) is 15.0 Å². The fourth-order valence-electron chi connectivity index (χ4n) is 3.95. The van der Waals surface area contributed by atoms with Crippen molar-refractivity contribution in [3.8, 4) is 5.75 Å². The van der Waals surface area contributed by atoms with E-state index in [0.29, 0.717) is 0 Å². The average Bonchev–Trinajstić information content (AvgIpc) is 3.43. The number of aromatic nitrogens is 2.